The fourth-order valence-electron chi connectivity index (χ4n) is 2.16. The van der Waals surface area contributed by atoms with Gasteiger partial charge in [-0.3, -0.25) is 4.90 Å². The Bertz CT molecular complexity index is 334. The van der Waals surface area contributed by atoms with Crippen molar-refractivity contribution in [2.75, 3.05) is 32.8 Å². The molecule has 0 radical (unpaired) electrons. The fourth-order valence-corrected chi connectivity index (χ4v) is 2.16. The Hall–Kier alpha value is -0.900. The van der Waals surface area contributed by atoms with Crippen LogP contribution in [0, 0.1) is 6.92 Å². The van der Waals surface area contributed by atoms with Crippen LogP contribution in [0.4, 0.5) is 0 Å². The molecule has 3 heteroatoms. The highest BCUT2D eigenvalue weighted by Gasteiger charge is 2.15. The molecule has 0 amide bonds. The van der Waals surface area contributed by atoms with Gasteiger partial charge in [-0.1, -0.05) is 24.3 Å². The largest absolute Gasteiger partial charge is 0.379 e. The van der Waals surface area contributed by atoms with Crippen molar-refractivity contribution < 1.29 is 4.74 Å². The molecule has 0 bridgehead atoms. The molecule has 3 nitrogen and oxygen atoms in total. The SMILES string of the molecule is Cc1ccccc1[C@@H](N)CN1CCOCC1. The third kappa shape index (κ3) is 2.82. The first kappa shape index (κ1) is 11.6. The van der Waals surface area contributed by atoms with Gasteiger partial charge in [0.05, 0.1) is 13.2 Å². The summed E-state index contributed by atoms with van der Waals surface area (Å²) >= 11 is 0. The Labute approximate surface area is 97.2 Å². The van der Waals surface area contributed by atoms with Gasteiger partial charge in [0.2, 0.25) is 0 Å². The van der Waals surface area contributed by atoms with Gasteiger partial charge in [0.25, 0.3) is 0 Å². The summed E-state index contributed by atoms with van der Waals surface area (Å²) in [5.41, 5.74) is 8.78. The molecule has 0 aromatic heterocycles. The summed E-state index contributed by atoms with van der Waals surface area (Å²) < 4.78 is 5.33. The number of morpholine rings is 1. The van der Waals surface area contributed by atoms with E-state index in [4.69, 9.17) is 10.5 Å². The average molecular weight is 220 g/mol. The lowest BCUT2D eigenvalue weighted by Crippen LogP contribution is -2.40. The van der Waals surface area contributed by atoms with E-state index in [-0.39, 0.29) is 6.04 Å². The van der Waals surface area contributed by atoms with Crippen molar-refractivity contribution in [1.82, 2.24) is 4.90 Å². The summed E-state index contributed by atoms with van der Waals surface area (Å²) in [5.74, 6) is 0. The van der Waals surface area contributed by atoms with E-state index in [0.717, 1.165) is 32.8 Å². The van der Waals surface area contributed by atoms with E-state index in [9.17, 15) is 0 Å². The molecule has 0 saturated carbocycles. The minimum Gasteiger partial charge on any atom is -0.379 e. The first-order valence-electron chi connectivity index (χ1n) is 5.88. The normalized spacial score (nSPS) is 19.6. The van der Waals surface area contributed by atoms with Crippen molar-refractivity contribution in [1.29, 1.82) is 0 Å². The van der Waals surface area contributed by atoms with Crippen LogP contribution < -0.4 is 5.73 Å². The second-order valence-electron chi connectivity index (χ2n) is 4.38. The van der Waals surface area contributed by atoms with Gasteiger partial charge in [-0.2, -0.15) is 0 Å². The molecule has 1 fully saturated rings. The number of aryl methyl sites for hydroxylation is 1. The van der Waals surface area contributed by atoms with Gasteiger partial charge in [0, 0.05) is 25.7 Å². The van der Waals surface area contributed by atoms with Crippen molar-refractivity contribution >= 4 is 0 Å². The van der Waals surface area contributed by atoms with Crippen molar-refractivity contribution in [3.05, 3.63) is 35.4 Å². The Balaban J connectivity index is 1.96. The van der Waals surface area contributed by atoms with Crippen molar-refractivity contribution in [3.8, 4) is 0 Å². The summed E-state index contributed by atoms with van der Waals surface area (Å²) in [6.45, 7) is 6.71. The summed E-state index contributed by atoms with van der Waals surface area (Å²) in [5, 5.41) is 0. The van der Waals surface area contributed by atoms with E-state index in [2.05, 4.69) is 36.1 Å². The van der Waals surface area contributed by atoms with Crippen LogP contribution >= 0.6 is 0 Å². The fraction of sp³-hybridized carbons (Fsp3) is 0.538. The smallest absolute Gasteiger partial charge is 0.0594 e. The molecule has 0 unspecified atom stereocenters. The first-order chi connectivity index (χ1) is 7.77. The van der Waals surface area contributed by atoms with Crippen LogP contribution in [-0.4, -0.2) is 37.7 Å². The molecule has 2 rings (SSSR count). The predicted molar refractivity (Wildman–Crippen MR) is 65.4 cm³/mol. The number of rotatable bonds is 3. The molecule has 88 valence electrons. The molecule has 0 spiro atoms. The van der Waals surface area contributed by atoms with Gasteiger partial charge >= 0.3 is 0 Å². The summed E-state index contributed by atoms with van der Waals surface area (Å²) in [4.78, 5) is 2.38. The Morgan fingerprint density at radius 3 is 2.69 bits per heavy atom. The molecule has 1 heterocycles. The van der Waals surface area contributed by atoms with E-state index in [1.165, 1.54) is 11.1 Å². The van der Waals surface area contributed by atoms with Gasteiger partial charge in [-0.05, 0) is 18.1 Å². The van der Waals surface area contributed by atoms with Gasteiger partial charge in [0.1, 0.15) is 0 Å². The van der Waals surface area contributed by atoms with Crippen molar-refractivity contribution in [2.24, 2.45) is 5.73 Å². The monoisotopic (exact) mass is 220 g/mol. The van der Waals surface area contributed by atoms with Gasteiger partial charge < -0.3 is 10.5 Å². The zero-order valence-electron chi connectivity index (χ0n) is 9.86. The highest BCUT2D eigenvalue weighted by molar-refractivity contribution is 5.28. The Morgan fingerprint density at radius 2 is 2.00 bits per heavy atom. The molecule has 2 N–H and O–H groups in total. The number of ether oxygens (including phenoxy) is 1. The third-order valence-corrected chi connectivity index (χ3v) is 3.15. The van der Waals surface area contributed by atoms with Gasteiger partial charge in [-0.25, -0.2) is 0 Å². The van der Waals surface area contributed by atoms with Crippen LogP contribution in [0.3, 0.4) is 0 Å². The molecular weight excluding hydrogens is 200 g/mol. The van der Waals surface area contributed by atoms with E-state index < -0.39 is 0 Å². The predicted octanol–water partition coefficient (Wildman–Crippen LogP) is 1.33. The lowest BCUT2D eigenvalue weighted by atomic mass is 10.0. The molecule has 1 aromatic carbocycles. The zero-order valence-corrected chi connectivity index (χ0v) is 9.86. The number of benzene rings is 1. The van der Waals surface area contributed by atoms with E-state index in [1.807, 2.05) is 0 Å². The maximum atomic E-state index is 6.24. The molecule has 1 atom stereocenters. The van der Waals surface area contributed by atoms with Crippen LogP contribution in [-0.2, 0) is 4.74 Å². The minimum absolute atomic E-state index is 0.110. The average Bonchev–Trinajstić information content (AvgIpc) is 2.31. The lowest BCUT2D eigenvalue weighted by Gasteiger charge is -2.29. The molecule has 16 heavy (non-hydrogen) atoms. The summed E-state index contributed by atoms with van der Waals surface area (Å²) in [6, 6.07) is 8.47. The van der Waals surface area contributed by atoms with Crippen LogP contribution in [0.15, 0.2) is 24.3 Å². The number of hydrogen-bond acceptors (Lipinski definition) is 3. The highest BCUT2D eigenvalue weighted by Crippen LogP contribution is 2.16. The maximum Gasteiger partial charge on any atom is 0.0594 e. The Morgan fingerprint density at radius 1 is 1.31 bits per heavy atom. The van der Waals surface area contributed by atoms with Crippen LogP contribution in [0.25, 0.3) is 0 Å². The number of nitrogens with zero attached hydrogens (tertiary/aromatic N) is 1. The first-order valence-corrected chi connectivity index (χ1v) is 5.88. The molecule has 1 saturated heterocycles. The second-order valence-corrected chi connectivity index (χ2v) is 4.38. The standard InChI is InChI=1S/C13H20N2O/c1-11-4-2-3-5-12(11)13(14)10-15-6-8-16-9-7-15/h2-5,13H,6-10,14H2,1H3/t13-/m0/s1. The van der Waals surface area contributed by atoms with Crippen LogP contribution in [0.2, 0.25) is 0 Å². The second kappa shape index (κ2) is 5.43. The topological polar surface area (TPSA) is 38.5 Å². The van der Waals surface area contributed by atoms with Crippen molar-refractivity contribution in [3.63, 3.8) is 0 Å². The van der Waals surface area contributed by atoms with E-state index >= 15 is 0 Å². The van der Waals surface area contributed by atoms with Crippen LogP contribution in [0.5, 0.6) is 0 Å². The number of hydrogen-bond donors (Lipinski definition) is 1. The lowest BCUT2D eigenvalue weighted by molar-refractivity contribution is 0.0352. The molecule has 1 aromatic rings. The summed E-state index contributed by atoms with van der Waals surface area (Å²) in [7, 11) is 0. The highest BCUT2D eigenvalue weighted by atomic mass is 16.5. The van der Waals surface area contributed by atoms with Gasteiger partial charge in [0.15, 0.2) is 0 Å². The summed E-state index contributed by atoms with van der Waals surface area (Å²) in [6.07, 6.45) is 0. The van der Waals surface area contributed by atoms with Gasteiger partial charge in [-0.15, -0.1) is 0 Å². The quantitative estimate of drug-likeness (QED) is 0.835. The zero-order chi connectivity index (χ0) is 11.4. The third-order valence-electron chi connectivity index (χ3n) is 3.15. The Kier molecular flexibility index (Phi) is 3.93. The van der Waals surface area contributed by atoms with E-state index in [1.54, 1.807) is 0 Å². The molecular formula is C13H20N2O. The van der Waals surface area contributed by atoms with E-state index in [0.29, 0.717) is 0 Å². The number of nitrogens with two attached hydrogens (primary N) is 1. The minimum atomic E-state index is 0.110. The van der Waals surface area contributed by atoms with Crippen molar-refractivity contribution in [2.45, 2.75) is 13.0 Å². The molecule has 1 aliphatic heterocycles. The maximum absolute atomic E-state index is 6.24. The molecule has 0 aliphatic carbocycles. The molecule has 1 aliphatic rings. The van der Waals surface area contributed by atoms with Crippen LogP contribution in [0.1, 0.15) is 17.2 Å².